The number of esters is 1. The summed E-state index contributed by atoms with van der Waals surface area (Å²) in [6.45, 7) is 1.40. The normalized spacial score (nSPS) is 16.2. The summed E-state index contributed by atoms with van der Waals surface area (Å²) in [5, 5.41) is 2.45. The molecule has 0 saturated carbocycles. The van der Waals surface area contributed by atoms with E-state index in [0.717, 1.165) is 0 Å². The molecule has 0 aromatic rings. The van der Waals surface area contributed by atoms with Crippen LogP contribution < -0.4 is 5.32 Å². The summed E-state index contributed by atoms with van der Waals surface area (Å²) in [5.74, 6) is -1.39. The summed E-state index contributed by atoms with van der Waals surface area (Å²) >= 11 is 0. The zero-order valence-electron chi connectivity index (χ0n) is 8.62. The number of methoxy groups -OCH3 is 1. The van der Waals surface area contributed by atoms with Crippen molar-refractivity contribution in [3.8, 4) is 0 Å². The number of amides is 2. The number of carbonyl (C=O) groups is 3. The molecule has 6 heteroatoms. The van der Waals surface area contributed by atoms with E-state index in [9.17, 15) is 14.4 Å². The molecule has 0 unspecified atom stereocenters. The number of ether oxygens (including phenoxy) is 1. The van der Waals surface area contributed by atoms with E-state index in [0.29, 0.717) is 26.1 Å². The van der Waals surface area contributed by atoms with Gasteiger partial charge >= 0.3 is 17.8 Å². The highest BCUT2D eigenvalue weighted by Crippen LogP contribution is 2.00. The Bertz CT molecular complexity index is 277. The predicted octanol–water partition coefficient (Wildman–Crippen LogP) is -1.10. The molecule has 1 aliphatic rings. The quantitative estimate of drug-likeness (QED) is 0.476. The topological polar surface area (TPSA) is 75.7 Å². The Kier molecular flexibility index (Phi) is 4.08. The predicted molar refractivity (Wildman–Crippen MR) is 50.8 cm³/mol. The van der Waals surface area contributed by atoms with Crippen molar-refractivity contribution in [2.45, 2.75) is 12.8 Å². The third-order valence-electron chi connectivity index (χ3n) is 2.19. The molecule has 15 heavy (non-hydrogen) atoms. The van der Waals surface area contributed by atoms with E-state index in [1.807, 2.05) is 0 Å². The standard InChI is InChI=1S/C9H14N2O4/c1-15-7(12)3-2-5-11-6-4-10-8(13)9(11)14/h2-6H2,1H3,(H,10,13). The number of nitrogens with zero attached hydrogens (tertiary/aromatic N) is 1. The van der Waals surface area contributed by atoms with E-state index in [-0.39, 0.29) is 12.4 Å². The Morgan fingerprint density at radius 1 is 1.53 bits per heavy atom. The molecule has 0 radical (unpaired) electrons. The van der Waals surface area contributed by atoms with Crippen LogP contribution in [0.5, 0.6) is 0 Å². The van der Waals surface area contributed by atoms with E-state index in [1.165, 1.54) is 12.0 Å². The van der Waals surface area contributed by atoms with Gasteiger partial charge in [0.25, 0.3) is 0 Å². The molecule has 1 fully saturated rings. The van der Waals surface area contributed by atoms with Crippen molar-refractivity contribution in [3.05, 3.63) is 0 Å². The number of rotatable bonds is 4. The van der Waals surface area contributed by atoms with Crippen molar-refractivity contribution in [3.63, 3.8) is 0 Å². The van der Waals surface area contributed by atoms with Crippen LogP contribution in [-0.4, -0.2) is 49.4 Å². The van der Waals surface area contributed by atoms with Crippen LogP contribution in [0.3, 0.4) is 0 Å². The molecule has 1 rings (SSSR count). The van der Waals surface area contributed by atoms with Gasteiger partial charge < -0.3 is 15.0 Å². The fourth-order valence-corrected chi connectivity index (χ4v) is 1.35. The smallest absolute Gasteiger partial charge is 0.311 e. The first kappa shape index (κ1) is 11.5. The Morgan fingerprint density at radius 3 is 2.93 bits per heavy atom. The maximum atomic E-state index is 11.3. The molecule has 0 atom stereocenters. The molecule has 0 aromatic carbocycles. The summed E-state index contributed by atoms with van der Waals surface area (Å²) < 4.78 is 4.47. The van der Waals surface area contributed by atoms with Gasteiger partial charge in [-0.25, -0.2) is 0 Å². The van der Waals surface area contributed by atoms with E-state index in [2.05, 4.69) is 10.1 Å². The molecule has 0 bridgehead atoms. The molecule has 1 aliphatic heterocycles. The Labute approximate surface area is 87.6 Å². The maximum absolute atomic E-state index is 11.3. The van der Waals surface area contributed by atoms with E-state index in [4.69, 9.17) is 0 Å². The van der Waals surface area contributed by atoms with Gasteiger partial charge in [0.05, 0.1) is 7.11 Å². The third kappa shape index (κ3) is 3.23. The molecule has 84 valence electrons. The number of carbonyl (C=O) groups excluding carboxylic acids is 3. The molecule has 2 amide bonds. The largest absolute Gasteiger partial charge is 0.469 e. The van der Waals surface area contributed by atoms with Gasteiger partial charge in [-0.1, -0.05) is 0 Å². The van der Waals surface area contributed by atoms with Crippen molar-refractivity contribution in [2.24, 2.45) is 0 Å². The number of hydrogen-bond acceptors (Lipinski definition) is 4. The lowest BCUT2D eigenvalue weighted by atomic mass is 10.2. The van der Waals surface area contributed by atoms with Gasteiger partial charge in [-0.2, -0.15) is 0 Å². The zero-order valence-corrected chi connectivity index (χ0v) is 8.62. The van der Waals surface area contributed by atoms with Gasteiger partial charge in [-0.15, -0.1) is 0 Å². The molecule has 6 nitrogen and oxygen atoms in total. The van der Waals surface area contributed by atoms with Crippen molar-refractivity contribution in [1.29, 1.82) is 0 Å². The summed E-state index contributed by atoms with van der Waals surface area (Å²) in [7, 11) is 1.32. The number of nitrogens with one attached hydrogen (secondary N) is 1. The lowest BCUT2D eigenvalue weighted by molar-refractivity contribution is -0.148. The molecule has 0 spiro atoms. The van der Waals surface area contributed by atoms with Gasteiger partial charge in [0.15, 0.2) is 0 Å². The lowest BCUT2D eigenvalue weighted by Crippen LogP contribution is -2.52. The fraction of sp³-hybridized carbons (Fsp3) is 0.667. The molecule has 0 aromatic heterocycles. The van der Waals surface area contributed by atoms with Crippen LogP contribution in [0.25, 0.3) is 0 Å². The fourth-order valence-electron chi connectivity index (χ4n) is 1.35. The number of piperazine rings is 1. The zero-order chi connectivity index (χ0) is 11.3. The third-order valence-corrected chi connectivity index (χ3v) is 2.19. The van der Waals surface area contributed by atoms with Crippen LogP contribution in [0, 0.1) is 0 Å². The second kappa shape index (κ2) is 5.33. The minimum absolute atomic E-state index is 0.266. The summed E-state index contributed by atoms with van der Waals surface area (Å²) in [6, 6.07) is 0. The van der Waals surface area contributed by atoms with E-state index < -0.39 is 11.8 Å². The van der Waals surface area contributed by atoms with Crippen LogP contribution in [0.15, 0.2) is 0 Å². The Morgan fingerprint density at radius 2 is 2.27 bits per heavy atom. The Hall–Kier alpha value is -1.59. The van der Waals surface area contributed by atoms with Crippen LogP contribution >= 0.6 is 0 Å². The number of hydrogen-bond donors (Lipinski definition) is 1. The first-order valence-corrected chi connectivity index (χ1v) is 4.79. The minimum atomic E-state index is -0.570. The van der Waals surface area contributed by atoms with Crippen LogP contribution in [0.2, 0.25) is 0 Å². The van der Waals surface area contributed by atoms with Gasteiger partial charge in [0, 0.05) is 26.1 Å². The minimum Gasteiger partial charge on any atom is -0.469 e. The highest BCUT2D eigenvalue weighted by molar-refractivity contribution is 6.35. The Balaban J connectivity index is 2.29. The molecule has 1 saturated heterocycles. The molecule has 1 N–H and O–H groups in total. The van der Waals surface area contributed by atoms with Crippen molar-refractivity contribution < 1.29 is 19.1 Å². The first-order valence-electron chi connectivity index (χ1n) is 4.79. The maximum Gasteiger partial charge on any atom is 0.311 e. The summed E-state index contributed by atoms with van der Waals surface area (Å²) in [4.78, 5) is 34.5. The second-order valence-corrected chi connectivity index (χ2v) is 3.23. The average molecular weight is 214 g/mol. The molecule has 0 aliphatic carbocycles. The van der Waals surface area contributed by atoms with Crippen molar-refractivity contribution in [2.75, 3.05) is 26.7 Å². The molecular weight excluding hydrogens is 200 g/mol. The van der Waals surface area contributed by atoms with E-state index >= 15 is 0 Å². The molecular formula is C9H14N2O4. The second-order valence-electron chi connectivity index (χ2n) is 3.23. The summed E-state index contributed by atoms with van der Waals surface area (Å²) in [6.07, 6.45) is 0.785. The summed E-state index contributed by atoms with van der Waals surface area (Å²) in [5.41, 5.74) is 0. The monoisotopic (exact) mass is 214 g/mol. The van der Waals surface area contributed by atoms with Crippen molar-refractivity contribution >= 4 is 17.8 Å². The lowest BCUT2D eigenvalue weighted by Gasteiger charge is -2.26. The van der Waals surface area contributed by atoms with Gasteiger partial charge in [-0.3, -0.25) is 14.4 Å². The van der Waals surface area contributed by atoms with Gasteiger partial charge in [0.2, 0.25) is 0 Å². The first-order chi connectivity index (χ1) is 7.15. The van der Waals surface area contributed by atoms with Crippen LogP contribution in [-0.2, 0) is 19.1 Å². The highest BCUT2D eigenvalue weighted by atomic mass is 16.5. The average Bonchev–Trinajstić information content (AvgIpc) is 2.24. The van der Waals surface area contributed by atoms with Crippen LogP contribution in [0.1, 0.15) is 12.8 Å². The highest BCUT2D eigenvalue weighted by Gasteiger charge is 2.25. The van der Waals surface area contributed by atoms with E-state index in [1.54, 1.807) is 0 Å². The molecule has 1 heterocycles. The SMILES string of the molecule is COC(=O)CCCN1CCNC(=O)C1=O. The van der Waals surface area contributed by atoms with Crippen LogP contribution in [0.4, 0.5) is 0 Å². The van der Waals surface area contributed by atoms with Gasteiger partial charge in [0.1, 0.15) is 0 Å². The van der Waals surface area contributed by atoms with Gasteiger partial charge in [-0.05, 0) is 6.42 Å². The van der Waals surface area contributed by atoms with Crippen molar-refractivity contribution in [1.82, 2.24) is 10.2 Å².